The number of carbonyl (C=O) groups excluding carboxylic acids is 1. The molecule has 1 aliphatic rings. The number of carbonyl (C=O) groups is 1. The van der Waals surface area contributed by atoms with E-state index in [2.05, 4.69) is 39.2 Å². The Morgan fingerprint density at radius 1 is 1.08 bits per heavy atom. The fraction of sp³-hybridized carbons (Fsp3) is 0.528. The lowest BCUT2D eigenvalue weighted by Crippen LogP contribution is -2.45. The summed E-state index contributed by atoms with van der Waals surface area (Å²) in [6.45, 7) is 6.20. The van der Waals surface area contributed by atoms with E-state index in [1.165, 1.54) is 30.9 Å². The van der Waals surface area contributed by atoms with Crippen LogP contribution in [0.2, 0.25) is 0 Å². The molecule has 2 unspecified atom stereocenters. The van der Waals surface area contributed by atoms with Gasteiger partial charge in [0.05, 0.1) is 58.4 Å². The number of esters is 1. The molecule has 2 heterocycles. The molecule has 0 spiro atoms. The van der Waals surface area contributed by atoms with E-state index in [0.29, 0.717) is 36.4 Å². The lowest BCUT2D eigenvalue weighted by Gasteiger charge is -2.38. The Kier molecular flexibility index (Phi) is 16.0. The molecule has 276 valence electrons. The number of hydrogen-bond donors (Lipinski definition) is 4. The normalized spacial score (nSPS) is 16.2. The van der Waals surface area contributed by atoms with Crippen LogP contribution >= 0.6 is 0 Å². The Bertz CT molecular complexity index is 1590. The highest BCUT2D eigenvalue weighted by atomic mass is 19.4. The summed E-state index contributed by atoms with van der Waals surface area (Å²) in [5.41, 5.74) is 1.62. The van der Waals surface area contributed by atoms with Crippen molar-refractivity contribution in [2.75, 3.05) is 84.6 Å². The molecule has 4 N–H and O–H groups in total. The minimum atomic E-state index is -4.47. The maximum absolute atomic E-state index is 13.8. The fourth-order valence-corrected chi connectivity index (χ4v) is 5.83. The van der Waals surface area contributed by atoms with Crippen LogP contribution in [0.5, 0.6) is 11.5 Å². The summed E-state index contributed by atoms with van der Waals surface area (Å²) >= 11 is 0. The van der Waals surface area contributed by atoms with Crippen LogP contribution in [0.15, 0.2) is 36.4 Å². The van der Waals surface area contributed by atoms with Gasteiger partial charge >= 0.3 is 12.1 Å². The number of aromatic nitrogens is 1. The number of rotatable bonds is 15. The van der Waals surface area contributed by atoms with E-state index in [4.69, 9.17) is 19.3 Å². The number of hydrogen-bond acceptors (Lipinski definition) is 10. The zero-order valence-corrected chi connectivity index (χ0v) is 29.4. The number of ether oxygens (including phenoxy) is 4. The van der Waals surface area contributed by atoms with Gasteiger partial charge in [0, 0.05) is 48.1 Å². The van der Waals surface area contributed by atoms with E-state index < -0.39 is 18.7 Å². The number of benzene rings is 2. The first kappa shape index (κ1) is 40.3. The van der Waals surface area contributed by atoms with Gasteiger partial charge < -0.3 is 49.3 Å². The second-order valence-corrected chi connectivity index (χ2v) is 11.5. The second-order valence-electron chi connectivity index (χ2n) is 11.5. The van der Waals surface area contributed by atoms with Crippen molar-refractivity contribution in [3.05, 3.63) is 47.7 Å². The summed E-state index contributed by atoms with van der Waals surface area (Å²) in [7, 11) is 4.60. The molecule has 11 nitrogen and oxygen atoms in total. The molecular formula is C36H49F3N4O7. The van der Waals surface area contributed by atoms with E-state index >= 15 is 0 Å². The summed E-state index contributed by atoms with van der Waals surface area (Å²) in [6, 6.07) is 9.84. The fourth-order valence-electron chi connectivity index (χ4n) is 5.83. The molecule has 0 aliphatic carbocycles. The average Bonchev–Trinajstić information content (AvgIpc) is 3.43. The molecule has 3 aromatic rings. The van der Waals surface area contributed by atoms with Crippen molar-refractivity contribution in [2.24, 2.45) is 5.92 Å². The van der Waals surface area contributed by atoms with E-state index in [-0.39, 0.29) is 54.5 Å². The SMILES string of the molecule is CC.COC(=O)c1c(O)cc(NCC#Cc2cc3c(NC4CCN(C)CC4CCOCCOCCO)cccc3n2CC(F)(F)F)cc1OC. The molecule has 0 saturated carbocycles. The van der Waals surface area contributed by atoms with Gasteiger partial charge in [-0.15, -0.1) is 0 Å². The lowest BCUT2D eigenvalue weighted by atomic mass is 9.89. The van der Waals surface area contributed by atoms with Crippen LogP contribution < -0.4 is 15.4 Å². The van der Waals surface area contributed by atoms with Crippen molar-refractivity contribution in [3.8, 4) is 23.3 Å². The van der Waals surface area contributed by atoms with Crippen LogP contribution in [-0.2, 0) is 20.8 Å². The minimum absolute atomic E-state index is 0.0305. The Labute approximate surface area is 291 Å². The summed E-state index contributed by atoms with van der Waals surface area (Å²) in [5, 5.41) is 26.4. The first-order valence-corrected chi connectivity index (χ1v) is 16.7. The van der Waals surface area contributed by atoms with Gasteiger partial charge in [0.25, 0.3) is 0 Å². The van der Waals surface area contributed by atoms with Crippen molar-refractivity contribution >= 4 is 28.2 Å². The average molecular weight is 707 g/mol. The number of likely N-dealkylation sites (tertiary alicyclic amines) is 1. The number of aliphatic hydroxyl groups is 1. The number of alkyl halides is 3. The van der Waals surface area contributed by atoms with E-state index in [1.807, 2.05) is 19.9 Å². The van der Waals surface area contributed by atoms with Crippen LogP contribution in [0.4, 0.5) is 24.5 Å². The van der Waals surface area contributed by atoms with E-state index in [0.717, 1.165) is 31.6 Å². The predicted octanol–water partition coefficient (Wildman–Crippen LogP) is 5.34. The van der Waals surface area contributed by atoms with Gasteiger partial charge in [-0.2, -0.15) is 13.2 Å². The molecule has 50 heavy (non-hydrogen) atoms. The zero-order chi connectivity index (χ0) is 36.7. The second kappa shape index (κ2) is 19.9. The van der Waals surface area contributed by atoms with Gasteiger partial charge in [0.2, 0.25) is 0 Å². The highest BCUT2D eigenvalue weighted by Crippen LogP contribution is 2.34. The third kappa shape index (κ3) is 11.4. The lowest BCUT2D eigenvalue weighted by molar-refractivity contribution is -0.140. The van der Waals surface area contributed by atoms with Crippen LogP contribution in [-0.4, -0.2) is 112 Å². The molecule has 1 aliphatic heterocycles. The number of fused-ring (bicyclic) bond motifs is 1. The molecule has 0 amide bonds. The standard InChI is InChI=1S/C34H43F3N4O7.C2H6/c1-40-12-9-27(23(21-40)10-14-47-16-17-48-15-13-42)39-28-7-4-8-29-26(28)20-25(41(29)22-34(35,36)37)6-5-11-38-24-18-30(43)32(33(44)46-3)31(19-24)45-2;1-2/h4,7-8,18-20,23,27,38-39,42-43H,9-17,21-22H2,1-3H3;1-2H3. The number of aliphatic hydroxyl groups excluding tert-OH is 1. The van der Waals surface area contributed by atoms with Crippen molar-refractivity contribution in [3.63, 3.8) is 0 Å². The van der Waals surface area contributed by atoms with Gasteiger partial charge in [-0.25, -0.2) is 4.79 Å². The van der Waals surface area contributed by atoms with E-state index in [1.54, 1.807) is 18.2 Å². The van der Waals surface area contributed by atoms with Crippen molar-refractivity contribution in [1.29, 1.82) is 0 Å². The number of phenols is 1. The molecular weight excluding hydrogens is 657 g/mol. The smallest absolute Gasteiger partial charge is 0.406 e. The third-order valence-corrected chi connectivity index (χ3v) is 8.09. The quantitative estimate of drug-likeness (QED) is 0.0935. The molecule has 1 saturated heterocycles. The number of anilines is 2. The van der Waals surface area contributed by atoms with Gasteiger partial charge in [-0.1, -0.05) is 25.8 Å². The van der Waals surface area contributed by atoms with Gasteiger partial charge in [0.1, 0.15) is 23.6 Å². The van der Waals surface area contributed by atoms with Gasteiger partial charge in [-0.05, 0) is 56.5 Å². The molecule has 1 aromatic heterocycles. The molecule has 4 rings (SSSR count). The number of nitrogens with zero attached hydrogens (tertiary/aromatic N) is 2. The maximum atomic E-state index is 13.8. The Hall–Kier alpha value is -4.16. The Morgan fingerprint density at radius 2 is 1.82 bits per heavy atom. The number of aromatic hydroxyl groups is 1. The third-order valence-electron chi connectivity index (χ3n) is 8.09. The highest BCUT2D eigenvalue weighted by molar-refractivity contribution is 5.96. The Balaban J connectivity index is 0.00000332. The van der Waals surface area contributed by atoms with Gasteiger partial charge in [0.15, 0.2) is 0 Å². The molecule has 2 aromatic carbocycles. The molecule has 0 bridgehead atoms. The first-order valence-electron chi connectivity index (χ1n) is 16.7. The number of piperidine rings is 1. The summed E-state index contributed by atoms with van der Waals surface area (Å²) in [5.74, 6) is 4.98. The van der Waals surface area contributed by atoms with Crippen molar-refractivity contribution in [2.45, 2.75) is 45.5 Å². The largest absolute Gasteiger partial charge is 0.507 e. The number of phenolic OH excluding ortho intramolecular Hbond substituents is 1. The number of halogens is 3. The topological polar surface area (TPSA) is 127 Å². The monoisotopic (exact) mass is 706 g/mol. The van der Waals surface area contributed by atoms with Crippen molar-refractivity contribution < 1.29 is 47.1 Å². The summed E-state index contributed by atoms with van der Waals surface area (Å²) in [6.07, 6.45) is -2.81. The van der Waals surface area contributed by atoms with Gasteiger partial charge in [-0.3, -0.25) is 0 Å². The Morgan fingerprint density at radius 3 is 2.50 bits per heavy atom. The molecule has 0 radical (unpaired) electrons. The van der Waals surface area contributed by atoms with Crippen LogP contribution in [0.25, 0.3) is 10.9 Å². The maximum Gasteiger partial charge on any atom is 0.406 e. The zero-order valence-electron chi connectivity index (χ0n) is 29.4. The number of nitrogens with one attached hydrogen (secondary N) is 2. The summed E-state index contributed by atoms with van der Waals surface area (Å²) < 4.78 is 63.3. The van der Waals surface area contributed by atoms with Crippen LogP contribution in [0.3, 0.4) is 0 Å². The first-order chi connectivity index (χ1) is 24.0. The van der Waals surface area contributed by atoms with Crippen molar-refractivity contribution in [1.82, 2.24) is 9.47 Å². The molecule has 2 atom stereocenters. The van der Waals surface area contributed by atoms with Crippen LogP contribution in [0, 0.1) is 17.8 Å². The molecule has 1 fully saturated rings. The molecule has 14 heteroatoms. The number of methoxy groups -OCH3 is 2. The highest BCUT2D eigenvalue weighted by Gasteiger charge is 2.31. The van der Waals surface area contributed by atoms with E-state index in [9.17, 15) is 23.1 Å². The summed E-state index contributed by atoms with van der Waals surface area (Å²) in [4.78, 5) is 14.3. The minimum Gasteiger partial charge on any atom is -0.507 e. The predicted molar refractivity (Wildman–Crippen MR) is 187 cm³/mol. The van der Waals surface area contributed by atoms with Crippen LogP contribution in [0.1, 0.15) is 42.7 Å².